The molecule has 0 aliphatic carbocycles. The summed E-state index contributed by atoms with van der Waals surface area (Å²) in [5.74, 6) is -0.500. The third-order valence-corrected chi connectivity index (χ3v) is 5.04. The van der Waals surface area contributed by atoms with E-state index >= 15 is 0 Å². The van der Waals surface area contributed by atoms with E-state index in [4.69, 9.17) is 10.1 Å². The molecule has 1 unspecified atom stereocenters. The summed E-state index contributed by atoms with van der Waals surface area (Å²) in [6.45, 7) is 1.02. The number of anilines is 2. The van der Waals surface area contributed by atoms with Gasteiger partial charge in [-0.15, -0.1) is 0 Å². The minimum absolute atomic E-state index is 0.0115. The summed E-state index contributed by atoms with van der Waals surface area (Å²) >= 11 is 0. The van der Waals surface area contributed by atoms with Gasteiger partial charge in [-0.25, -0.2) is 4.39 Å². The van der Waals surface area contributed by atoms with E-state index in [1.54, 1.807) is 30.3 Å². The van der Waals surface area contributed by atoms with E-state index in [9.17, 15) is 14.3 Å². The Morgan fingerprint density at radius 2 is 2.04 bits per heavy atom. The van der Waals surface area contributed by atoms with Gasteiger partial charge in [0.2, 0.25) is 5.91 Å². The largest absolute Gasteiger partial charge is 0.505 e. The monoisotopic (exact) mass is 384 g/mol. The average molecular weight is 384 g/mol. The number of hydrogen-bond donors (Lipinski definition) is 4. The Bertz CT molecular complexity index is 879. The summed E-state index contributed by atoms with van der Waals surface area (Å²) < 4.78 is 18.4. The Kier molecular flexibility index (Phi) is 4.87. The number of benzene rings is 2. The quantitative estimate of drug-likeness (QED) is 0.608. The molecule has 28 heavy (non-hydrogen) atoms. The first kappa shape index (κ1) is 18.2. The van der Waals surface area contributed by atoms with Crippen molar-refractivity contribution < 1.29 is 19.0 Å². The summed E-state index contributed by atoms with van der Waals surface area (Å²) in [6, 6.07) is 10.3. The van der Waals surface area contributed by atoms with Gasteiger partial charge in [0.1, 0.15) is 11.6 Å². The predicted molar refractivity (Wildman–Crippen MR) is 102 cm³/mol. The van der Waals surface area contributed by atoms with Crippen molar-refractivity contribution in [2.75, 3.05) is 18.5 Å². The molecule has 0 saturated carbocycles. The topological polar surface area (TPSA) is 97.7 Å². The van der Waals surface area contributed by atoms with Crippen molar-refractivity contribution in [2.45, 2.75) is 24.9 Å². The maximum Gasteiger partial charge on any atom is 0.232 e. The van der Waals surface area contributed by atoms with Crippen LogP contribution in [0.1, 0.15) is 24.4 Å². The van der Waals surface area contributed by atoms with Gasteiger partial charge in [0.15, 0.2) is 5.96 Å². The lowest BCUT2D eigenvalue weighted by atomic mass is 9.98. The fourth-order valence-corrected chi connectivity index (χ4v) is 3.62. The molecule has 2 aliphatic heterocycles. The van der Waals surface area contributed by atoms with Crippen LogP contribution in [0.25, 0.3) is 0 Å². The molecule has 1 amide bonds. The molecule has 2 saturated heterocycles. The number of para-hydroxylation sites is 1. The number of carbonyl (C=O) groups is 1. The van der Waals surface area contributed by atoms with Crippen LogP contribution in [-0.4, -0.2) is 41.1 Å². The minimum atomic E-state index is -0.506. The van der Waals surface area contributed by atoms with Crippen LogP contribution < -0.4 is 10.6 Å². The lowest BCUT2D eigenvalue weighted by molar-refractivity contribution is -0.131. The number of nitrogens with zero attached hydrogens (tertiary/aromatic N) is 1. The smallest absolute Gasteiger partial charge is 0.232 e. The Labute approximate surface area is 161 Å². The van der Waals surface area contributed by atoms with Gasteiger partial charge >= 0.3 is 0 Å². The van der Waals surface area contributed by atoms with Gasteiger partial charge in [-0.3, -0.25) is 15.1 Å². The molecule has 0 aromatic heterocycles. The third kappa shape index (κ3) is 3.50. The minimum Gasteiger partial charge on any atom is -0.505 e. The normalized spacial score (nSPS) is 22.2. The molecular formula is C20H21FN4O3. The van der Waals surface area contributed by atoms with Gasteiger partial charge < -0.3 is 20.5 Å². The van der Waals surface area contributed by atoms with Crippen LogP contribution >= 0.6 is 0 Å². The zero-order chi connectivity index (χ0) is 19.7. The van der Waals surface area contributed by atoms with Crippen molar-refractivity contribution in [3.05, 3.63) is 53.8 Å². The Morgan fingerprint density at radius 3 is 2.71 bits per heavy atom. The van der Waals surface area contributed by atoms with Crippen LogP contribution in [0, 0.1) is 11.2 Å². The van der Waals surface area contributed by atoms with Crippen LogP contribution in [0.15, 0.2) is 42.5 Å². The van der Waals surface area contributed by atoms with E-state index < -0.39 is 6.04 Å². The average Bonchev–Trinajstić information content (AvgIpc) is 3.19. The molecule has 4 rings (SSSR count). The van der Waals surface area contributed by atoms with E-state index in [0.29, 0.717) is 36.6 Å². The second-order valence-corrected chi connectivity index (χ2v) is 6.91. The second-order valence-electron chi connectivity index (χ2n) is 6.91. The number of guanidine groups is 1. The molecule has 146 valence electrons. The van der Waals surface area contributed by atoms with E-state index in [-0.39, 0.29) is 35.9 Å². The highest BCUT2D eigenvalue weighted by Crippen LogP contribution is 2.36. The molecule has 2 atom stereocenters. The number of phenols is 1. The number of halogens is 1. The first-order valence-electron chi connectivity index (χ1n) is 9.12. The molecular weight excluding hydrogens is 363 g/mol. The number of aromatic hydroxyl groups is 1. The van der Waals surface area contributed by atoms with Crippen molar-refractivity contribution in [3.8, 4) is 5.75 Å². The van der Waals surface area contributed by atoms with Crippen LogP contribution in [0.3, 0.4) is 0 Å². The van der Waals surface area contributed by atoms with Gasteiger partial charge in [0, 0.05) is 17.9 Å². The maximum atomic E-state index is 13.1. The molecule has 4 N–H and O–H groups in total. The Balaban J connectivity index is 1.54. The molecule has 2 heterocycles. The van der Waals surface area contributed by atoms with Gasteiger partial charge in [0.25, 0.3) is 0 Å². The van der Waals surface area contributed by atoms with Crippen molar-refractivity contribution in [1.29, 1.82) is 5.41 Å². The number of ether oxygens (including phenoxy) is 1. The third-order valence-electron chi connectivity index (χ3n) is 5.04. The fourth-order valence-electron chi connectivity index (χ4n) is 3.62. The van der Waals surface area contributed by atoms with Crippen molar-refractivity contribution >= 4 is 23.2 Å². The van der Waals surface area contributed by atoms with E-state index in [2.05, 4.69) is 10.6 Å². The first-order chi connectivity index (χ1) is 13.5. The molecule has 2 aromatic rings. The number of hydrogen-bond acceptors (Lipinski definition) is 5. The standard InChI is InChI=1S/C20H21FN4O3/c21-12-4-6-13(7-5-12)23-16-3-1-2-15(19(16)27)17-10-18(26)25(20(22)24-17)14-8-9-28-11-14/h1-7,14,17,23,27H,8-11H2,(H2,22,24)/t14-,17?/m1/s1. The molecule has 2 aliphatic rings. The maximum absolute atomic E-state index is 13.1. The Morgan fingerprint density at radius 1 is 1.25 bits per heavy atom. The molecule has 0 radical (unpaired) electrons. The van der Waals surface area contributed by atoms with E-state index in [1.165, 1.54) is 17.0 Å². The van der Waals surface area contributed by atoms with Crippen LogP contribution in [-0.2, 0) is 9.53 Å². The predicted octanol–water partition coefficient (Wildman–Crippen LogP) is 2.86. The zero-order valence-electron chi connectivity index (χ0n) is 15.1. The SMILES string of the molecule is N=C1NC(c2cccc(Nc3ccc(F)cc3)c2O)CC(=O)N1[C@@H]1CCOC1. The molecule has 2 fully saturated rings. The summed E-state index contributed by atoms with van der Waals surface area (Å²) in [7, 11) is 0. The summed E-state index contributed by atoms with van der Waals surface area (Å²) in [6.07, 6.45) is 0.842. The van der Waals surface area contributed by atoms with Gasteiger partial charge in [-0.2, -0.15) is 0 Å². The number of phenolic OH excluding ortho intramolecular Hbond substituents is 1. The summed E-state index contributed by atoms with van der Waals surface area (Å²) in [5.41, 5.74) is 1.59. The lowest BCUT2D eigenvalue weighted by Gasteiger charge is -2.37. The number of carbonyl (C=O) groups excluding carboxylic acids is 1. The molecule has 0 spiro atoms. The van der Waals surface area contributed by atoms with E-state index in [1.807, 2.05) is 0 Å². The molecule has 0 bridgehead atoms. The summed E-state index contributed by atoms with van der Waals surface area (Å²) in [4.78, 5) is 14.1. The lowest BCUT2D eigenvalue weighted by Crippen LogP contribution is -2.56. The van der Waals surface area contributed by atoms with Crippen molar-refractivity contribution in [3.63, 3.8) is 0 Å². The zero-order valence-corrected chi connectivity index (χ0v) is 15.1. The van der Waals surface area contributed by atoms with Gasteiger partial charge in [0.05, 0.1) is 30.8 Å². The van der Waals surface area contributed by atoms with Crippen LogP contribution in [0.4, 0.5) is 15.8 Å². The van der Waals surface area contributed by atoms with Gasteiger partial charge in [-0.05, 0) is 36.8 Å². The fraction of sp³-hybridized carbons (Fsp3) is 0.300. The van der Waals surface area contributed by atoms with E-state index in [0.717, 1.165) is 0 Å². The Hall–Kier alpha value is -3.13. The summed E-state index contributed by atoms with van der Waals surface area (Å²) in [5, 5.41) is 25.0. The molecule has 2 aromatic carbocycles. The molecule has 7 nitrogen and oxygen atoms in total. The number of nitrogens with one attached hydrogen (secondary N) is 3. The highest BCUT2D eigenvalue weighted by molar-refractivity contribution is 5.99. The highest BCUT2D eigenvalue weighted by Gasteiger charge is 2.37. The number of rotatable bonds is 4. The highest BCUT2D eigenvalue weighted by atomic mass is 19.1. The first-order valence-corrected chi connectivity index (χ1v) is 9.12. The molecule has 8 heteroatoms. The number of amides is 1. The van der Waals surface area contributed by atoms with Crippen LogP contribution in [0.2, 0.25) is 0 Å². The van der Waals surface area contributed by atoms with Crippen LogP contribution in [0.5, 0.6) is 5.75 Å². The van der Waals surface area contributed by atoms with Gasteiger partial charge in [-0.1, -0.05) is 12.1 Å². The van der Waals surface area contributed by atoms with Crippen molar-refractivity contribution in [1.82, 2.24) is 10.2 Å². The second kappa shape index (κ2) is 7.47. The van der Waals surface area contributed by atoms with Crippen molar-refractivity contribution in [2.24, 2.45) is 0 Å².